The number of carbonyl (C=O) groups is 2. The molecule has 0 saturated heterocycles. The maximum Gasteiger partial charge on any atom is 0.303 e. The van der Waals surface area contributed by atoms with Gasteiger partial charge in [0.15, 0.2) is 0 Å². The zero-order valence-corrected chi connectivity index (χ0v) is 18.0. The third-order valence-electron chi connectivity index (χ3n) is 8.69. The summed E-state index contributed by atoms with van der Waals surface area (Å²) >= 11 is 0. The van der Waals surface area contributed by atoms with E-state index >= 15 is 0 Å². The fraction of sp³-hybridized carbons (Fsp3) is 0.917. The van der Waals surface area contributed by atoms with Crippen molar-refractivity contribution in [3.8, 4) is 0 Å². The van der Waals surface area contributed by atoms with Gasteiger partial charge in [-0.2, -0.15) is 0 Å². The van der Waals surface area contributed by atoms with Crippen molar-refractivity contribution in [1.82, 2.24) is 0 Å². The minimum absolute atomic E-state index is 0.182. The highest BCUT2D eigenvalue weighted by Gasteiger charge is 2.56. The molecule has 28 heavy (non-hydrogen) atoms. The van der Waals surface area contributed by atoms with Crippen LogP contribution in [0.4, 0.5) is 0 Å². The Hall–Kier alpha value is -0.900. The summed E-state index contributed by atoms with van der Waals surface area (Å²) in [6, 6.07) is 0. The molecule has 3 rings (SSSR count). The lowest BCUT2D eigenvalue weighted by Crippen LogP contribution is -2.46. The second kappa shape index (κ2) is 8.85. The number of Topliss-reactive ketones (excluding diaryl/α,β-unsaturated/α-hetero) is 1. The molecule has 4 unspecified atom stereocenters. The number of hydrogen-bond acceptors (Lipinski definition) is 3. The first kappa shape index (κ1) is 21.8. The van der Waals surface area contributed by atoms with Crippen LogP contribution in [0.5, 0.6) is 0 Å². The van der Waals surface area contributed by atoms with E-state index in [-0.39, 0.29) is 29.8 Å². The molecule has 0 amide bonds. The van der Waals surface area contributed by atoms with Crippen molar-refractivity contribution in [2.24, 2.45) is 40.9 Å². The van der Waals surface area contributed by atoms with E-state index in [0.29, 0.717) is 35.9 Å². The SMILES string of the molecule is C[C@@H]1CC(=O)C2C(CCC[C@@H](O)C1)CC[C@@]1(C)C2CCC1[C@H](C)CCC(=O)O. The smallest absolute Gasteiger partial charge is 0.303 e. The van der Waals surface area contributed by atoms with Crippen LogP contribution < -0.4 is 0 Å². The summed E-state index contributed by atoms with van der Waals surface area (Å²) in [5.41, 5.74) is 0.182. The van der Waals surface area contributed by atoms with Gasteiger partial charge in [0.25, 0.3) is 0 Å². The Morgan fingerprint density at radius 1 is 1.21 bits per heavy atom. The maximum atomic E-state index is 13.4. The average molecular weight is 393 g/mol. The summed E-state index contributed by atoms with van der Waals surface area (Å²) in [5, 5.41) is 19.3. The lowest BCUT2D eigenvalue weighted by molar-refractivity contribution is -0.137. The van der Waals surface area contributed by atoms with E-state index in [1.165, 1.54) is 6.42 Å². The zero-order chi connectivity index (χ0) is 20.5. The lowest BCUT2D eigenvalue weighted by atomic mass is 9.54. The van der Waals surface area contributed by atoms with Crippen molar-refractivity contribution < 1.29 is 19.8 Å². The van der Waals surface area contributed by atoms with Crippen LogP contribution in [0.25, 0.3) is 0 Å². The number of carboxylic acid groups (broad SMARTS) is 1. The van der Waals surface area contributed by atoms with Crippen LogP contribution in [-0.2, 0) is 9.59 Å². The molecule has 0 aromatic rings. The average Bonchev–Trinajstić information content (AvgIpc) is 2.95. The molecule has 160 valence electrons. The molecule has 0 bridgehead atoms. The Balaban J connectivity index is 1.78. The molecule has 3 saturated carbocycles. The van der Waals surface area contributed by atoms with Crippen LogP contribution in [0, 0.1) is 40.9 Å². The number of aliphatic hydroxyl groups excluding tert-OH is 1. The highest BCUT2D eigenvalue weighted by Crippen LogP contribution is 2.62. The largest absolute Gasteiger partial charge is 0.481 e. The summed E-state index contributed by atoms with van der Waals surface area (Å²) in [6.07, 6.45) is 9.67. The van der Waals surface area contributed by atoms with Crippen LogP contribution >= 0.6 is 0 Å². The van der Waals surface area contributed by atoms with Crippen LogP contribution in [0.15, 0.2) is 0 Å². The molecule has 2 N–H and O–H groups in total. The van der Waals surface area contributed by atoms with Gasteiger partial charge < -0.3 is 10.2 Å². The molecular weight excluding hydrogens is 352 g/mol. The normalized spacial score (nSPS) is 43.1. The van der Waals surface area contributed by atoms with Gasteiger partial charge in [0.1, 0.15) is 5.78 Å². The summed E-state index contributed by atoms with van der Waals surface area (Å²) in [6.45, 7) is 6.75. The Bertz CT molecular complexity index is 573. The lowest BCUT2D eigenvalue weighted by Gasteiger charge is -2.50. The van der Waals surface area contributed by atoms with Gasteiger partial charge in [-0.15, -0.1) is 0 Å². The third-order valence-corrected chi connectivity index (χ3v) is 8.69. The van der Waals surface area contributed by atoms with E-state index in [2.05, 4.69) is 20.8 Å². The molecule has 3 fully saturated rings. The number of hydrogen-bond donors (Lipinski definition) is 2. The highest BCUT2D eigenvalue weighted by atomic mass is 16.4. The van der Waals surface area contributed by atoms with Crippen molar-refractivity contribution in [3.05, 3.63) is 0 Å². The van der Waals surface area contributed by atoms with Gasteiger partial charge in [0, 0.05) is 18.8 Å². The fourth-order valence-corrected chi connectivity index (χ4v) is 7.32. The van der Waals surface area contributed by atoms with Gasteiger partial charge in [-0.1, -0.05) is 27.2 Å². The Kier molecular flexibility index (Phi) is 6.89. The molecule has 4 nitrogen and oxygen atoms in total. The molecule has 3 aliphatic carbocycles. The van der Waals surface area contributed by atoms with Crippen LogP contribution in [0.1, 0.15) is 91.4 Å². The van der Waals surface area contributed by atoms with E-state index < -0.39 is 5.97 Å². The van der Waals surface area contributed by atoms with Crippen molar-refractivity contribution >= 4 is 11.8 Å². The molecule has 0 radical (unpaired) electrons. The minimum atomic E-state index is -0.700. The maximum absolute atomic E-state index is 13.4. The van der Waals surface area contributed by atoms with E-state index in [1.54, 1.807) is 0 Å². The molecule has 3 aliphatic rings. The van der Waals surface area contributed by atoms with E-state index in [9.17, 15) is 14.7 Å². The third kappa shape index (κ3) is 4.47. The van der Waals surface area contributed by atoms with Gasteiger partial charge in [0.05, 0.1) is 6.10 Å². The second-order valence-electron chi connectivity index (χ2n) is 10.6. The summed E-state index contributed by atoms with van der Waals surface area (Å²) in [4.78, 5) is 24.4. The topological polar surface area (TPSA) is 74.6 Å². The summed E-state index contributed by atoms with van der Waals surface area (Å²) in [7, 11) is 0. The first-order valence-electron chi connectivity index (χ1n) is 11.6. The predicted octanol–water partition coefficient (Wildman–Crippen LogP) is 5.08. The van der Waals surface area contributed by atoms with Gasteiger partial charge in [-0.25, -0.2) is 0 Å². The molecule has 8 atom stereocenters. The van der Waals surface area contributed by atoms with Gasteiger partial charge in [0.2, 0.25) is 0 Å². The monoisotopic (exact) mass is 392 g/mol. The fourth-order valence-electron chi connectivity index (χ4n) is 7.32. The molecule has 0 aromatic heterocycles. The van der Waals surface area contributed by atoms with Gasteiger partial charge >= 0.3 is 5.97 Å². The molecule has 4 heteroatoms. The number of fused-ring (bicyclic) bond motifs is 3. The van der Waals surface area contributed by atoms with Gasteiger partial charge in [-0.3, -0.25) is 9.59 Å². The standard InChI is InChI=1S/C24H40O4/c1-15-13-18(25)6-4-5-17-11-12-24(3)19(16(2)7-10-22(27)28)8-9-20(24)23(17)21(26)14-15/h15-20,23,25H,4-14H2,1-3H3,(H,27,28)/t15-,16+,17?,18+,19?,20?,23?,24+/m0/s1. The first-order valence-corrected chi connectivity index (χ1v) is 11.6. The quantitative estimate of drug-likeness (QED) is 0.700. The Morgan fingerprint density at radius 2 is 1.96 bits per heavy atom. The molecule has 0 heterocycles. The molecule has 0 spiro atoms. The summed E-state index contributed by atoms with van der Waals surface area (Å²) in [5.74, 6) is 2.10. The highest BCUT2D eigenvalue weighted by molar-refractivity contribution is 5.82. The minimum Gasteiger partial charge on any atom is -0.481 e. The van der Waals surface area contributed by atoms with Crippen LogP contribution in [0.2, 0.25) is 0 Å². The van der Waals surface area contributed by atoms with Crippen LogP contribution in [0.3, 0.4) is 0 Å². The van der Waals surface area contributed by atoms with Crippen molar-refractivity contribution in [1.29, 1.82) is 0 Å². The number of aliphatic hydroxyl groups is 1. The predicted molar refractivity (Wildman–Crippen MR) is 110 cm³/mol. The second-order valence-corrected chi connectivity index (χ2v) is 10.6. The van der Waals surface area contributed by atoms with E-state index in [4.69, 9.17) is 5.11 Å². The van der Waals surface area contributed by atoms with E-state index in [0.717, 1.165) is 51.4 Å². The number of ketones is 1. The Labute approximate surface area is 170 Å². The molecular formula is C24H40O4. The van der Waals surface area contributed by atoms with Crippen LogP contribution in [-0.4, -0.2) is 28.1 Å². The summed E-state index contributed by atoms with van der Waals surface area (Å²) < 4.78 is 0. The number of carboxylic acids is 1. The van der Waals surface area contributed by atoms with Crippen molar-refractivity contribution in [2.45, 2.75) is 97.5 Å². The Morgan fingerprint density at radius 3 is 2.68 bits per heavy atom. The number of carbonyl (C=O) groups excluding carboxylic acids is 1. The molecule has 0 aromatic carbocycles. The van der Waals surface area contributed by atoms with Gasteiger partial charge in [-0.05, 0) is 86.4 Å². The number of aliphatic carboxylic acids is 1. The number of rotatable bonds is 4. The first-order chi connectivity index (χ1) is 13.2. The van der Waals surface area contributed by atoms with Crippen molar-refractivity contribution in [3.63, 3.8) is 0 Å². The zero-order valence-electron chi connectivity index (χ0n) is 18.0. The van der Waals surface area contributed by atoms with Crippen molar-refractivity contribution in [2.75, 3.05) is 0 Å². The van der Waals surface area contributed by atoms with E-state index in [1.807, 2.05) is 0 Å². The molecule has 0 aliphatic heterocycles.